The number of hydrogen-bond acceptors (Lipinski definition) is 10. The second kappa shape index (κ2) is 9.73. The highest BCUT2D eigenvalue weighted by Crippen LogP contribution is 2.30. The maximum atomic E-state index is 11.9. The van der Waals surface area contributed by atoms with Crippen molar-refractivity contribution in [1.82, 2.24) is 39.4 Å². The molecule has 5 heterocycles. The van der Waals surface area contributed by atoms with Crippen LogP contribution in [0.3, 0.4) is 0 Å². The first-order chi connectivity index (χ1) is 18.6. The molecule has 12 heteroatoms. The van der Waals surface area contributed by atoms with Crippen molar-refractivity contribution in [3.63, 3.8) is 0 Å². The van der Waals surface area contributed by atoms with Crippen molar-refractivity contribution in [3.8, 4) is 17.5 Å². The number of ether oxygens (including phenoxy) is 2. The van der Waals surface area contributed by atoms with Gasteiger partial charge in [-0.15, -0.1) is 0 Å². The van der Waals surface area contributed by atoms with Crippen molar-refractivity contribution in [2.75, 3.05) is 18.4 Å². The van der Waals surface area contributed by atoms with Crippen LogP contribution < -0.4 is 14.8 Å². The molecule has 1 unspecified atom stereocenters. The molecule has 0 aliphatic carbocycles. The summed E-state index contributed by atoms with van der Waals surface area (Å²) in [5.41, 5.74) is 3.53. The summed E-state index contributed by atoms with van der Waals surface area (Å²) >= 11 is 0. The molecule has 1 N–H and O–H groups in total. The maximum absolute atomic E-state index is 11.9. The predicted octanol–water partition coefficient (Wildman–Crippen LogP) is 3.47. The highest BCUT2D eigenvalue weighted by Gasteiger charge is 2.27. The third kappa shape index (κ3) is 4.66. The number of fused-ring (bicyclic) bond motifs is 2. The van der Waals surface area contributed by atoms with E-state index in [1.165, 1.54) is 18.7 Å². The van der Waals surface area contributed by atoms with Gasteiger partial charge < -0.3 is 19.7 Å². The second-order valence-corrected chi connectivity index (χ2v) is 8.76. The van der Waals surface area contributed by atoms with E-state index in [1.54, 1.807) is 21.8 Å². The lowest BCUT2D eigenvalue weighted by molar-refractivity contribution is -0.125. The Kier molecular flexibility index (Phi) is 5.96. The lowest BCUT2D eigenvalue weighted by atomic mass is 10.2. The quantitative estimate of drug-likeness (QED) is 0.325. The Labute approximate surface area is 217 Å². The fraction of sp³-hybridized carbons (Fsp3) is 0.192. The van der Waals surface area contributed by atoms with Crippen LogP contribution >= 0.6 is 0 Å². The van der Waals surface area contributed by atoms with E-state index in [1.807, 2.05) is 37.3 Å². The van der Waals surface area contributed by atoms with Crippen LogP contribution in [0.2, 0.25) is 0 Å². The van der Waals surface area contributed by atoms with Gasteiger partial charge in [-0.3, -0.25) is 4.79 Å². The Morgan fingerprint density at radius 2 is 2.08 bits per heavy atom. The molecule has 1 saturated heterocycles. The van der Waals surface area contributed by atoms with E-state index in [9.17, 15) is 4.79 Å². The van der Waals surface area contributed by atoms with Crippen LogP contribution in [0.25, 0.3) is 16.7 Å². The summed E-state index contributed by atoms with van der Waals surface area (Å²) in [4.78, 5) is 35.2. The van der Waals surface area contributed by atoms with Crippen molar-refractivity contribution in [3.05, 3.63) is 73.6 Å². The second-order valence-electron chi connectivity index (χ2n) is 8.76. The molecule has 12 nitrogen and oxygen atoms in total. The monoisotopic (exact) mass is 509 g/mol. The van der Waals surface area contributed by atoms with Gasteiger partial charge in [0.15, 0.2) is 11.5 Å². The van der Waals surface area contributed by atoms with E-state index in [0.717, 1.165) is 11.3 Å². The number of pyridine rings is 1. The summed E-state index contributed by atoms with van der Waals surface area (Å²) in [7, 11) is 0. The average molecular weight is 510 g/mol. The van der Waals surface area contributed by atoms with Crippen molar-refractivity contribution in [1.29, 1.82) is 0 Å². The number of likely N-dealkylation sites (tertiary alicyclic amines) is 1. The normalized spacial score (nSPS) is 15.1. The number of aryl methyl sites for hydroxylation is 1. The molecule has 38 heavy (non-hydrogen) atoms. The average Bonchev–Trinajstić information content (AvgIpc) is 3.59. The Bertz CT molecular complexity index is 1670. The van der Waals surface area contributed by atoms with Crippen LogP contribution in [-0.2, 0) is 4.79 Å². The molecule has 190 valence electrons. The maximum Gasteiger partial charge on any atom is 0.317 e. The van der Waals surface area contributed by atoms with Gasteiger partial charge in [-0.05, 0) is 42.8 Å². The highest BCUT2D eigenvalue weighted by atomic mass is 16.5. The van der Waals surface area contributed by atoms with Crippen LogP contribution in [0.4, 0.5) is 11.5 Å². The van der Waals surface area contributed by atoms with Gasteiger partial charge in [0.05, 0.1) is 12.7 Å². The predicted molar refractivity (Wildman–Crippen MR) is 138 cm³/mol. The third-order valence-electron chi connectivity index (χ3n) is 6.18. The first-order valence-corrected chi connectivity index (χ1v) is 12.0. The molecular weight excluding hydrogens is 486 g/mol. The Morgan fingerprint density at radius 1 is 1.16 bits per heavy atom. The van der Waals surface area contributed by atoms with Gasteiger partial charge in [-0.25, -0.2) is 24.5 Å². The number of carbonyl (C=O) groups excluding carboxylic acids is 1. The van der Waals surface area contributed by atoms with Gasteiger partial charge in [0.2, 0.25) is 5.91 Å². The minimum absolute atomic E-state index is 0.112. The Balaban J connectivity index is 1.19. The van der Waals surface area contributed by atoms with Gasteiger partial charge >= 0.3 is 6.01 Å². The zero-order valence-electron chi connectivity index (χ0n) is 20.5. The molecule has 1 aliphatic heterocycles. The van der Waals surface area contributed by atoms with E-state index in [-0.39, 0.29) is 18.0 Å². The molecule has 0 bridgehead atoms. The lowest BCUT2D eigenvalue weighted by Crippen LogP contribution is -2.29. The van der Waals surface area contributed by atoms with Crippen LogP contribution in [0, 0.1) is 6.92 Å². The van der Waals surface area contributed by atoms with E-state index < -0.39 is 0 Å². The summed E-state index contributed by atoms with van der Waals surface area (Å²) in [6.45, 7) is 6.57. The number of amides is 1. The van der Waals surface area contributed by atoms with Gasteiger partial charge in [-0.1, -0.05) is 6.58 Å². The summed E-state index contributed by atoms with van der Waals surface area (Å²) in [6, 6.07) is 9.61. The van der Waals surface area contributed by atoms with Crippen LogP contribution in [0.5, 0.6) is 17.5 Å². The number of benzene rings is 1. The van der Waals surface area contributed by atoms with Crippen molar-refractivity contribution >= 4 is 34.1 Å². The number of carbonyl (C=O) groups is 1. The number of aromatic nitrogens is 7. The molecule has 6 rings (SSSR count). The number of nitrogens with one attached hydrogen (secondary N) is 1. The SMILES string of the molecule is C=CC(=O)N1CCC(Oc2ncc3ncnc(Nc4ccc(Oc5ccn6ncnc6c5)c(C)c4)c3n2)C1. The zero-order chi connectivity index (χ0) is 26.1. The van der Waals surface area contributed by atoms with Gasteiger partial charge in [0, 0.05) is 30.9 Å². The van der Waals surface area contributed by atoms with Crippen molar-refractivity contribution in [2.24, 2.45) is 0 Å². The van der Waals surface area contributed by atoms with E-state index in [2.05, 4.69) is 41.9 Å². The number of nitrogens with zero attached hydrogens (tertiary/aromatic N) is 8. The van der Waals surface area contributed by atoms with Crippen molar-refractivity contribution < 1.29 is 14.3 Å². The number of rotatable bonds is 7. The number of hydrogen-bond donors (Lipinski definition) is 1. The molecule has 1 atom stereocenters. The van der Waals surface area contributed by atoms with E-state index >= 15 is 0 Å². The molecule has 1 amide bonds. The Hall–Kier alpha value is -5.13. The van der Waals surface area contributed by atoms with E-state index in [0.29, 0.717) is 53.5 Å². The summed E-state index contributed by atoms with van der Waals surface area (Å²) in [5.74, 6) is 1.78. The van der Waals surface area contributed by atoms with Crippen molar-refractivity contribution in [2.45, 2.75) is 19.4 Å². The molecular formula is C26H23N9O3. The largest absolute Gasteiger partial charge is 0.458 e. The van der Waals surface area contributed by atoms with Gasteiger partial charge in [0.25, 0.3) is 0 Å². The van der Waals surface area contributed by atoms with E-state index in [4.69, 9.17) is 9.47 Å². The Morgan fingerprint density at radius 3 is 2.95 bits per heavy atom. The minimum Gasteiger partial charge on any atom is -0.458 e. The topological polar surface area (TPSA) is 133 Å². The van der Waals surface area contributed by atoms with Crippen LogP contribution in [0.15, 0.2) is 68.0 Å². The van der Waals surface area contributed by atoms with Gasteiger partial charge in [-0.2, -0.15) is 10.1 Å². The zero-order valence-corrected chi connectivity index (χ0v) is 20.5. The van der Waals surface area contributed by atoms with Gasteiger partial charge in [0.1, 0.15) is 41.3 Å². The minimum atomic E-state index is -0.196. The summed E-state index contributed by atoms with van der Waals surface area (Å²) in [5, 5.41) is 7.41. The molecule has 0 spiro atoms. The van der Waals surface area contributed by atoms with Crippen LogP contribution in [0.1, 0.15) is 12.0 Å². The fourth-order valence-electron chi connectivity index (χ4n) is 4.25. The lowest BCUT2D eigenvalue weighted by Gasteiger charge is -2.15. The third-order valence-corrected chi connectivity index (χ3v) is 6.18. The molecule has 0 saturated carbocycles. The molecule has 0 radical (unpaired) electrons. The first-order valence-electron chi connectivity index (χ1n) is 12.0. The highest BCUT2D eigenvalue weighted by molar-refractivity contribution is 5.87. The molecule has 5 aromatic rings. The van der Waals surface area contributed by atoms with Crippen LogP contribution in [-0.4, -0.2) is 64.5 Å². The smallest absolute Gasteiger partial charge is 0.317 e. The molecule has 1 aromatic carbocycles. The molecule has 4 aromatic heterocycles. The molecule has 1 fully saturated rings. The summed E-state index contributed by atoms with van der Waals surface area (Å²) < 4.78 is 13.7. The first kappa shape index (κ1) is 23.3. The number of anilines is 2. The molecule has 1 aliphatic rings. The fourth-order valence-corrected chi connectivity index (χ4v) is 4.25. The summed E-state index contributed by atoms with van der Waals surface area (Å²) in [6.07, 6.45) is 8.15. The standard InChI is InChI=1S/C26H23N9O3/c1-3-23(36)34-8-6-19(13-34)38-26-27-12-20-24(33-26)25(30-14-28-20)32-17-4-5-21(16(2)10-17)37-18-7-9-35-22(11-18)29-15-31-35/h3-5,7,9-12,14-15,19H,1,6,8,13H2,2H3,(H,28,30,32).